The van der Waals surface area contributed by atoms with Gasteiger partial charge in [-0.2, -0.15) is 0 Å². The van der Waals surface area contributed by atoms with Crippen LogP contribution in [0.5, 0.6) is 23.0 Å². The maximum atomic E-state index is 9.73. The number of aromatic hydroxyl groups is 1. The molecule has 1 N–H and O–H groups in total. The number of ether oxygens (including phenoxy) is 3. The maximum Gasteiger partial charge on any atom is 0.138 e. The lowest BCUT2D eigenvalue weighted by Crippen LogP contribution is -2.23. The minimum absolute atomic E-state index is 0.0862. The number of benzene rings is 2. The average molecular weight is 338 g/mol. The molecule has 0 amide bonds. The van der Waals surface area contributed by atoms with Gasteiger partial charge in [-0.25, -0.2) is 0 Å². The van der Waals surface area contributed by atoms with E-state index < -0.39 is 0 Å². The third kappa shape index (κ3) is 2.72. The molecule has 0 radical (unpaired) electrons. The molecule has 25 heavy (non-hydrogen) atoms. The van der Waals surface area contributed by atoms with Crippen LogP contribution in [0.4, 0.5) is 0 Å². The highest BCUT2D eigenvalue weighted by Crippen LogP contribution is 2.52. The van der Waals surface area contributed by atoms with Crippen LogP contribution in [0.3, 0.4) is 0 Å². The summed E-state index contributed by atoms with van der Waals surface area (Å²) in [5.74, 6) is 2.76. The fourth-order valence-electron chi connectivity index (χ4n) is 3.59. The third-order valence-electron chi connectivity index (χ3n) is 4.88. The SMILES string of the molecule is COc1cc2c(cc1CC=C(C)C)[C@@H]1Oc3cc(O)ccc3[C@@H]1CO2. The molecule has 2 atom stereocenters. The van der Waals surface area contributed by atoms with Gasteiger partial charge in [0.25, 0.3) is 0 Å². The van der Waals surface area contributed by atoms with Gasteiger partial charge < -0.3 is 19.3 Å². The van der Waals surface area contributed by atoms with E-state index in [1.54, 1.807) is 19.2 Å². The van der Waals surface area contributed by atoms with Crippen LogP contribution < -0.4 is 14.2 Å². The van der Waals surface area contributed by atoms with Crippen molar-refractivity contribution in [2.24, 2.45) is 0 Å². The Labute approximate surface area is 147 Å². The Morgan fingerprint density at radius 3 is 2.80 bits per heavy atom. The van der Waals surface area contributed by atoms with E-state index in [0.29, 0.717) is 6.61 Å². The summed E-state index contributed by atoms with van der Waals surface area (Å²) in [5.41, 5.74) is 4.53. The Hall–Kier alpha value is -2.62. The zero-order chi connectivity index (χ0) is 17.6. The molecule has 0 bridgehead atoms. The Morgan fingerprint density at radius 2 is 2.04 bits per heavy atom. The molecule has 2 aliphatic heterocycles. The molecule has 0 spiro atoms. The first-order valence-electron chi connectivity index (χ1n) is 8.53. The topological polar surface area (TPSA) is 47.9 Å². The lowest BCUT2D eigenvalue weighted by molar-refractivity contribution is 0.139. The van der Waals surface area contributed by atoms with Crippen molar-refractivity contribution in [1.29, 1.82) is 0 Å². The number of phenolic OH excluding ortho intramolecular Hbond substituents is 1. The molecule has 4 heteroatoms. The lowest BCUT2D eigenvalue weighted by atomic mass is 9.88. The second kappa shape index (κ2) is 6.03. The molecule has 0 aromatic heterocycles. The summed E-state index contributed by atoms with van der Waals surface area (Å²) in [6, 6.07) is 9.41. The van der Waals surface area contributed by atoms with Crippen LogP contribution in [0.2, 0.25) is 0 Å². The molecule has 0 saturated heterocycles. The largest absolute Gasteiger partial charge is 0.508 e. The first kappa shape index (κ1) is 15.9. The van der Waals surface area contributed by atoms with Gasteiger partial charge in [0.2, 0.25) is 0 Å². The Balaban J connectivity index is 1.75. The molecule has 4 rings (SSSR count). The van der Waals surface area contributed by atoms with Crippen molar-refractivity contribution >= 4 is 0 Å². The number of hydrogen-bond donors (Lipinski definition) is 1. The van der Waals surface area contributed by atoms with Crippen LogP contribution >= 0.6 is 0 Å². The molecule has 2 heterocycles. The van der Waals surface area contributed by atoms with Crippen molar-refractivity contribution in [3.63, 3.8) is 0 Å². The molecule has 2 aliphatic rings. The summed E-state index contributed by atoms with van der Waals surface area (Å²) in [5, 5.41) is 9.73. The van der Waals surface area contributed by atoms with Crippen molar-refractivity contribution in [3.8, 4) is 23.0 Å². The second-order valence-electron chi connectivity index (χ2n) is 6.87. The highest BCUT2D eigenvalue weighted by Gasteiger charge is 2.41. The van der Waals surface area contributed by atoms with E-state index in [1.807, 2.05) is 12.1 Å². The molecular weight excluding hydrogens is 316 g/mol. The van der Waals surface area contributed by atoms with Crippen LogP contribution in [-0.2, 0) is 6.42 Å². The van der Waals surface area contributed by atoms with Gasteiger partial charge in [-0.3, -0.25) is 0 Å². The van der Waals surface area contributed by atoms with Crippen molar-refractivity contribution in [3.05, 3.63) is 58.7 Å². The fraction of sp³-hybridized carbons (Fsp3) is 0.333. The van der Waals surface area contributed by atoms with Gasteiger partial charge in [-0.05, 0) is 38.0 Å². The summed E-state index contributed by atoms with van der Waals surface area (Å²) in [7, 11) is 1.68. The summed E-state index contributed by atoms with van der Waals surface area (Å²) in [4.78, 5) is 0. The second-order valence-corrected chi connectivity index (χ2v) is 6.87. The summed E-state index contributed by atoms with van der Waals surface area (Å²) < 4.78 is 17.7. The van der Waals surface area contributed by atoms with Gasteiger partial charge in [0, 0.05) is 23.3 Å². The lowest BCUT2D eigenvalue weighted by Gasteiger charge is -2.29. The molecule has 2 aromatic carbocycles. The first-order valence-corrected chi connectivity index (χ1v) is 8.53. The normalized spacial score (nSPS) is 19.8. The van der Waals surface area contributed by atoms with Crippen LogP contribution in [0.1, 0.15) is 42.6 Å². The van der Waals surface area contributed by atoms with E-state index in [-0.39, 0.29) is 17.8 Å². The summed E-state index contributed by atoms with van der Waals surface area (Å²) in [6.07, 6.45) is 2.91. The van der Waals surface area contributed by atoms with E-state index >= 15 is 0 Å². The van der Waals surface area contributed by atoms with Gasteiger partial charge in [0.05, 0.1) is 19.6 Å². The van der Waals surface area contributed by atoms with E-state index in [1.165, 1.54) is 5.57 Å². The van der Waals surface area contributed by atoms with Crippen molar-refractivity contribution < 1.29 is 19.3 Å². The number of phenols is 1. The standard InChI is InChI=1S/C21H22O4/c1-12(2)4-5-13-8-16-19(10-18(13)23-3)24-11-17-15-7-6-14(22)9-20(15)25-21(16)17/h4,6-10,17,21-22H,5,11H2,1-3H3/t17-,21-/m0/s1. The predicted molar refractivity (Wildman–Crippen MR) is 95.8 cm³/mol. The average Bonchev–Trinajstić information content (AvgIpc) is 2.96. The van der Waals surface area contributed by atoms with Crippen molar-refractivity contribution in [1.82, 2.24) is 0 Å². The van der Waals surface area contributed by atoms with Gasteiger partial charge in [-0.1, -0.05) is 17.7 Å². The number of fused-ring (bicyclic) bond motifs is 5. The smallest absolute Gasteiger partial charge is 0.138 e. The zero-order valence-electron chi connectivity index (χ0n) is 14.7. The number of rotatable bonds is 3. The van der Waals surface area contributed by atoms with Crippen molar-refractivity contribution in [2.45, 2.75) is 32.3 Å². The minimum atomic E-state index is -0.0862. The van der Waals surface area contributed by atoms with Gasteiger partial charge >= 0.3 is 0 Å². The Kier molecular flexibility index (Phi) is 3.83. The van der Waals surface area contributed by atoms with Crippen molar-refractivity contribution in [2.75, 3.05) is 13.7 Å². The number of hydrogen-bond acceptors (Lipinski definition) is 4. The molecule has 130 valence electrons. The van der Waals surface area contributed by atoms with Gasteiger partial charge in [-0.15, -0.1) is 0 Å². The van der Waals surface area contributed by atoms with Gasteiger partial charge in [0.1, 0.15) is 29.1 Å². The summed E-state index contributed by atoms with van der Waals surface area (Å²) >= 11 is 0. The molecule has 0 fully saturated rings. The molecule has 2 aromatic rings. The minimum Gasteiger partial charge on any atom is -0.508 e. The summed E-state index contributed by atoms with van der Waals surface area (Å²) in [6.45, 7) is 4.74. The highest BCUT2D eigenvalue weighted by atomic mass is 16.5. The number of allylic oxidation sites excluding steroid dienone is 2. The van der Waals surface area contributed by atoms with Crippen LogP contribution in [-0.4, -0.2) is 18.8 Å². The first-order chi connectivity index (χ1) is 12.1. The predicted octanol–water partition coefficient (Wildman–Crippen LogP) is 4.52. The molecule has 0 saturated carbocycles. The maximum absolute atomic E-state index is 9.73. The van der Waals surface area contributed by atoms with E-state index in [4.69, 9.17) is 14.2 Å². The van der Waals surface area contributed by atoms with Crippen LogP contribution in [0.15, 0.2) is 42.0 Å². The van der Waals surface area contributed by atoms with Crippen LogP contribution in [0.25, 0.3) is 0 Å². The fourth-order valence-corrected chi connectivity index (χ4v) is 3.59. The third-order valence-corrected chi connectivity index (χ3v) is 4.88. The zero-order valence-corrected chi connectivity index (χ0v) is 14.7. The quantitative estimate of drug-likeness (QED) is 0.836. The van der Waals surface area contributed by atoms with Gasteiger partial charge in [0.15, 0.2) is 0 Å². The Bertz CT molecular complexity index is 849. The molecular formula is C21H22O4. The number of methoxy groups -OCH3 is 1. The van der Waals surface area contributed by atoms with E-state index in [2.05, 4.69) is 26.0 Å². The molecule has 4 nitrogen and oxygen atoms in total. The van der Waals surface area contributed by atoms with E-state index in [9.17, 15) is 5.11 Å². The van der Waals surface area contributed by atoms with E-state index in [0.717, 1.165) is 40.4 Å². The van der Waals surface area contributed by atoms with Crippen LogP contribution in [0, 0.1) is 0 Å². The molecule has 0 aliphatic carbocycles. The molecule has 0 unspecified atom stereocenters. The Morgan fingerprint density at radius 1 is 1.20 bits per heavy atom. The monoisotopic (exact) mass is 338 g/mol. The highest BCUT2D eigenvalue weighted by molar-refractivity contribution is 5.54.